The standard InChI is InChI=1S/C9H7BrF3NO2/c1-16-7-3-5(9(11,12)13)6(10)2-4(7)8(14)15/h2-3H,1H3,(H2,14,15). The predicted molar refractivity (Wildman–Crippen MR) is 54.2 cm³/mol. The molecule has 0 aliphatic heterocycles. The zero-order valence-electron chi connectivity index (χ0n) is 8.06. The first-order chi connectivity index (χ1) is 7.27. The molecule has 7 heteroatoms. The maximum absolute atomic E-state index is 12.5. The highest BCUT2D eigenvalue weighted by atomic mass is 79.9. The summed E-state index contributed by atoms with van der Waals surface area (Å²) >= 11 is 2.73. The van der Waals surface area contributed by atoms with Crippen molar-refractivity contribution in [2.45, 2.75) is 6.18 Å². The average Bonchev–Trinajstić information content (AvgIpc) is 2.15. The van der Waals surface area contributed by atoms with Gasteiger partial charge in [0.25, 0.3) is 5.91 Å². The summed E-state index contributed by atoms with van der Waals surface area (Å²) in [6, 6.07) is 1.72. The maximum atomic E-state index is 12.5. The van der Waals surface area contributed by atoms with Gasteiger partial charge >= 0.3 is 6.18 Å². The van der Waals surface area contributed by atoms with Crippen LogP contribution in [0.1, 0.15) is 15.9 Å². The van der Waals surface area contributed by atoms with E-state index in [-0.39, 0.29) is 15.8 Å². The molecule has 0 saturated carbocycles. The second-order valence-corrected chi connectivity index (χ2v) is 3.75. The van der Waals surface area contributed by atoms with Crippen LogP contribution in [0, 0.1) is 0 Å². The molecule has 16 heavy (non-hydrogen) atoms. The van der Waals surface area contributed by atoms with Crippen LogP contribution in [0.2, 0.25) is 0 Å². The van der Waals surface area contributed by atoms with Crippen LogP contribution < -0.4 is 10.5 Å². The molecule has 1 aromatic carbocycles. The Morgan fingerprint density at radius 1 is 1.44 bits per heavy atom. The first kappa shape index (κ1) is 12.8. The van der Waals surface area contributed by atoms with Crippen molar-refractivity contribution in [3.63, 3.8) is 0 Å². The third kappa shape index (κ3) is 2.46. The van der Waals surface area contributed by atoms with Crippen LogP contribution in [-0.2, 0) is 6.18 Å². The van der Waals surface area contributed by atoms with Gasteiger partial charge in [0.15, 0.2) is 0 Å². The fourth-order valence-electron chi connectivity index (χ4n) is 1.13. The SMILES string of the molecule is COc1cc(C(F)(F)F)c(Br)cc1C(N)=O. The highest BCUT2D eigenvalue weighted by Crippen LogP contribution is 2.38. The molecule has 2 N–H and O–H groups in total. The van der Waals surface area contributed by atoms with Crippen LogP contribution in [0.3, 0.4) is 0 Å². The number of amides is 1. The minimum atomic E-state index is -4.53. The number of ether oxygens (including phenoxy) is 1. The average molecular weight is 298 g/mol. The number of carbonyl (C=O) groups excluding carboxylic acids is 1. The highest BCUT2D eigenvalue weighted by molar-refractivity contribution is 9.10. The predicted octanol–water partition coefficient (Wildman–Crippen LogP) is 2.58. The molecule has 0 fully saturated rings. The molecule has 1 rings (SSSR count). The van der Waals surface area contributed by atoms with Gasteiger partial charge in [-0.1, -0.05) is 15.9 Å². The number of rotatable bonds is 2. The number of alkyl halides is 3. The number of halogens is 4. The molecule has 0 spiro atoms. The van der Waals surface area contributed by atoms with E-state index in [9.17, 15) is 18.0 Å². The quantitative estimate of drug-likeness (QED) is 0.912. The molecule has 0 aliphatic carbocycles. The first-order valence-corrected chi connectivity index (χ1v) is 4.81. The zero-order valence-corrected chi connectivity index (χ0v) is 9.65. The molecule has 0 unspecified atom stereocenters. The zero-order chi connectivity index (χ0) is 12.5. The van der Waals surface area contributed by atoms with Gasteiger partial charge in [0.2, 0.25) is 0 Å². The van der Waals surface area contributed by atoms with E-state index in [0.29, 0.717) is 0 Å². The smallest absolute Gasteiger partial charge is 0.417 e. The number of hydrogen-bond acceptors (Lipinski definition) is 2. The minimum Gasteiger partial charge on any atom is -0.496 e. The Labute approximate surface area is 97.5 Å². The summed E-state index contributed by atoms with van der Waals surface area (Å²) in [5.74, 6) is -1.06. The van der Waals surface area contributed by atoms with E-state index in [2.05, 4.69) is 20.7 Å². The normalized spacial score (nSPS) is 11.3. The van der Waals surface area contributed by atoms with Gasteiger partial charge in [0.05, 0.1) is 18.2 Å². The number of methoxy groups -OCH3 is 1. The van der Waals surface area contributed by atoms with Crippen molar-refractivity contribution in [2.75, 3.05) is 7.11 Å². The minimum absolute atomic E-state index is 0.109. The fourth-order valence-corrected chi connectivity index (χ4v) is 1.70. The van der Waals surface area contributed by atoms with E-state index in [0.717, 1.165) is 19.2 Å². The summed E-state index contributed by atoms with van der Waals surface area (Å²) in [5.41, 5.74) is 3.97. The van der Waals surface area contributed by atoms with Gasteiger partial charge in [-0.25, -0.2) is 0 Å². The molecule has 0 saturated heterocycles. The van der Waals surface area contributed by atoms with Crippen molar-refractivity contribution in [1.82, 2.24) is 0 Å². The third-order valence-corrected chi connectivity index (χ3v) is 2.52. The van der Waals surface area contributed by atoms with E-state index in [1.165, 1.54) is 0 Å². The van der Waals surface area contributed by atoms with Crippen LogP contribution in [0.15, 0.2) is 16.6 Å². The van der Waals surface area contributed by atoms with Crippen molar-refractivity contribution < 1.29 is 22.7 Å². The fraction of sp³-hybridized carbons (Fsp3) is 0.222. The molecule has 0 bridgehead atoms. The lowest BCUT2D eigenvalue weighted by Gasteiger charge is -2.13. The molecule has 1 aromatic rings. The Balaban J connectivity index is 3.43. The lowest BCUT2D eigenvalue weighted by atomic mass is 10.1. The lowest BCUT2D eigenvalue weighted by Crippen LogP contribution is -2.14. The number of carbonyl (C=O) groups is 1. The van der Waals surface area contributed by atoms with Gasteiger partial charge in [0.1, 0.15) is 5.75 Å². The summed E-state index contributed by atoms with van der Waals surface area (Å²) in [6.07, 6.45) is -4.53. The Morgan fingerprint density at radius 2 is 2.00 bits per heavy atom. The topological polar surface area (TPSA) is 52.3 Å². The Morgan fingerprint density at radius 3 is 2.38 bits per heavy atom. The number of benzene rings is 1. The number of hydrogen-bond donors (Lipinski definition) is 1. The van der Waals surface area contributed by atoms with Gasteiger partial charge in [-0.05, 0) is 12.1 Å². The van der Waals surface area contributed by atoms with Crippen LogP contribution in [0.4, 0.5) is 13.2 Å². The Hall–Kier alpha value is -1.24. The maximum Gasteiger partial charge on any atom is 0.417 e. The van der Waals surface area contributed by atoms with Crippen molar-refractivity contribution >= 4 is 21.8 Å². The van der Waals surface area contributed by atoms with E-state index in [1.54, 1.807) is 0 Å². The largest absolute Gasteiger partial charge is 0.496 e. The van der Waals surface area contributed by atoms with Crippen LogP contribution in [0.25, 0.3) is 0 Å². The second-order valence-electron chi connectivity index (χ2n) is 2.89. The lowest BCUT2D eigenvalue weighted by molar-refractivity contribution is -0.138. The van der Waals surface area contributed by atoms with Gasteiger partial charge < -0.3 is 10.5 Å². The molecule has 88 valence electrons. The molecule has 0 radical (unpaired) electrons. The highest BCUT2D eigenvalue weighted by Gasteiger charge is 2.34. The van der Waals surface area contributed by atoms with E-state index in [4.69, 9.17) is 5.73 Å². The van der Waals surface area contributed by atoms with Gasteiger partial charge in [0, 0.05) is 4.47 Å². The van der Waals surface area contributed by atoms with Gasteiger partial charge in [-0.2, -0.15) is 13.2 Å². The molecule has 1 amide bonds. The van der Waals surface area contributed by atoms with Gasteiger partial charge in [-0.3, -0.25) is 4.79 Å². The second kappa shape index (κ2) is 4.32. The van der Waals surface area contributed by atoms with Gasteiger partial charge in [-0.15, -0.1) is 0 Å². The molecular formula is C9H7BrF3NO2. The summed E-state index contributed by atoms with van der Waals surface area (Å²) in [5, 5.41) is 0. The van der Waals surface area contributed by atoms with Crippen molar-refractivity contribution in [1.29, 1.82) is 0 Å². The van der Waals surface area contributed by atoms with E-state index in [1.807, 2.05) is 0 Å². The summed E-state index contributed by atoms with van der Waals surface area (Å²) in [4.78, 5) is 10.9. The molecule has 0 heterocycles. The molecular weight excluding hydrogens is 291 g/mol. The third-order valence-electron chi connectivity index (χ3n) is 1.86. The molecule has 0 aliphatic rings. The van der Waals surface area contributed by atoms with Crippen LogP contribution in [-0.4, -0.2) is 13.0 Å². The van der Waals surface area contributed by atoms with E-state index < -0.39 is 17.6 Å². The Bertz CT molecular complexity index is 431. The van der Waals surface area contributed by atoms with Crippen LogP contribution in [0.5, 0.6) is 5.75 Å². The summed E-state index contributed by atoms with van der Waals surface area (Å²) in [7, 11) is 1.16. The van der Waals surface area contributed by atoms with Crippen molar-refractivity contribution in [3.8, 4) is 5.75 Å². The number of nitrogens with two attached hydrogens (primary N) is 1. The van der Waals surface area contributed by atoms with E-state index >= 15 is 0 Å². The van der Waals surface area contributed by atoms with Crippen LogP contribution >= 0.6 is 15.9 Å². The first-order valence-electron chi connectivity index (χ1n) is 4.02. The Kier molecular flexibility index (Phi) is 3.47. The molecule has 0 atom stereocenters. The molecule has 0 aromatic heterocycles. The number of primary amides is 1. The summed E-state index contributed by atoms with van der Waals surface area (Å²) < 4.78 is 41.9. The monoisotopic (exact) mass is 297 g/mol. The summed E-state index contributed by atoms with van der Waals surface area (Å²) in [6.45, 7) is 0. The van der Waals surface area contributed by atoms with Crippen molar-refractivity contribution in [2.24, 2.45) is 5.73 Å². The van der Waals surface area contributed by atoms with Crippen molar-refractivity contribution in [3.05, 3.63) is 27.7 Å². The molecule has 3 nitrogen and oxygen atoms in total.